The van der Waals surface area contributed by atoms with E-state index in [2.05, 4.69) is 0 Å². The van der Waals surface area contributed by atoms with Crippen molar-refractivity contribution < 1.29 is 14.8 Å². The lowest BCUT2D eigenvalue weighted by Crippen LogP contribution is -2.35. The summed E-state index contributed by atoms with van der Waals surface area (Å²) in [7, 11) is 0. The lowest BCUT2D eigenvalue weighted by Gasteiger charge is -2.30. The highest BCUT2D eigenvalue weighted by molar-refractivity contribution is 5.98. The third kappa shape index (κ3) is 3.39. The summed E-state index contributed by atoms with van der Waals surface area (Å²) in [6.45, 7) is 1.77. The van der Waals surface area contributed by atoms with Crippen molar-refractivity contribution in [2.45, 2.75) is 38.6 Å². The second-order valence-electron chi connectivity index (χ2n) is 5.37. The first kappa shape index (κ1) is 15.4. The van der Waals surface area contributed by atoms with E-state index in [9.17, 15) is 20.0 Å². The molecule has 1 aromatic rings. The number of benzene rings is 1. The van der Waals surface area contributed by atoms with Gasteiger partial charge in [-0.3, -0.25) is 14.9 Å². The van der Waals surface area contributed by atoms with Crippen molar-refractivity contribution in [3.8, 4) is 0 Å². The monoisotopic (exact) mass is 292 g/mol. The second-order valence-corrected chi connectivity index (χ2v) is 5.37. The number of ketones is 1. The Bertz CT molecular complexity index is 538. The van der Waals surface area contributed by atoms with Gasteiger partial charge in [0.05, 0.1) is 17.1 Å². The summed E-state index contributed by atoms with van der Waals surface area (Å²) in [6, 6.07) is 5.00. The Kier molecular flexibility index (Phi) is 4.90. The van der Waals surface area contributed by atoms with Crippen LogP contribution in [0.3, 0.4) is 0 Å². The number of hydrogen-bond donors (Lipinski definition) is 1. The van der Waals surface area contributed by atoms with E-state index < -0.39 is 4.92 Å². The summed E-state index contributed by atoms with van der Waals surface area (Å²) in [6.07, 6.45) is 4.34. The van der Waals surface area contributed by atoms with Gasteiger partial charge in [0.25, 0.3) is 5.69 Å². The Balaban J connectivity index is 2.38. The number of carbonyl (C=O) groups excluding carboxylic acids is 1. The molecule has 0 atom stereocenters. The maximum absolute atomic E-state index is 11.5. The quantitative estimate of drug-likeness (QED) is 0.495. The zero-order valence-electron chi connectivity index (χ0n) is 12.1. The number of nitro benzene ring substituents is 1. The fourth-order valence-electron chi connectivity index (χ4n) is 2.99. The Morgan fingerprint density at radius 2 is 2.10 bits per heavy atom. The highest BCUT2D eigenvalue weighted by Crippen LogP contribution is 2.31. The molecule has 0 heterocycles. The Hall–Kier alpha value is -1.95. The molecule has 1 fully saturated rings. The smallest absolute Gasteiger partial charge is 0.282 e. The topological polar surface area (TPSA) is 83.7 Å². The SMILES string of the molecule is CC(=O)c1ccc(N(CCO)C2CCCC2)cc1[N+](=O)[O-]. The molecule has 0 aliphatic heterocycles. The van der Waals surface area contributed by atoms with Gasteiger partial charge in [0.2, 0.25) is 0 Å². The zero-order valence-corrected chi connectivity index (χ0v) is 12.1. The number of carbonyl (C=O) groups is 1. The molecule has 1 saturated carbocycles. The van der Waals surface area contributed by atoms with Crippen molar-refractivity contribution >= 4 is 17.2 Å². The van der Waals surface area contributed by atoms with Crippen LogP contribution in [0.25, 0.3) is 0 Å². The minimum atomic E-state index is -0.522. The van der Waals surface area contributed by atoms with Gasteiger partial charge in [0.15, 0.2) is 5.78 Å². The minimum absolute atomic E-state index is 0.00123. The molecule has 6 nitrogen and oxygen atoms in total. The van der Waals surface area contributed by atoms with Crippen molar-refractivity contribution in [1.82, 2.24) is 0 Å². The van der Waals surface area contributed by atoms with Crippen LogP contribution in [0.1, 0.15) is 43.0 Å². The van der Waals surface area contributed by atoms with Gasteiger partial charge in [-0.05, 0) is 31.9 Å². The summed E-state index contributed by atoms with van der Waals surface area (Å²) in [5.74, 6) is -0.317. The van der Waals surface area contributed by atoms with Gasteiger partial charge in [-0.15, -0.1) is 0 Å². The van der Waals surface area contributed by atoms with Crippen LogP contribution in [0.2, 0.25) is 0 Å². The second kappa shape index (κ2) is 6.67. The van der Waals surface area contributed by atoms with Crippen molar-refractivity contribution in [2.75, 3.05) is 18.1 Å². The number of nitrogens with zero attached hydrogens (tertiary/aromatic N) is 2. The van der Waals surface area contributed by atoms with Crippen LogP contribution in [-0.2, 0) is 0 Å². The predicted octanol–water partition coefficient (Wildman–Crippen LogP) is 2.54. The maximum atomic E-state index is 11.5. The summed E-state index contributed by atoms with van der Waals surface area (Å²) >= 11 is 0. The predicted molar refractivity (Wildman–Crippen MR) is 79.8 cm³/mol. The van der Waals surface area contributed by atoms with E-state index in [1.807, 2.05) is 4.90 Å². The number of nitro groups is 1. The fourth-order valence-corrected chi connectivity index (χ4v) is 2.99. The van der Waals surface area contributed by atoms with Crippen LogP contribution in [-0.4, -0.2) is 35.0 Å². The molecular formula is C15H20N2O4. The molecule has 21 heavy (non-hydrogen) atoms. The van der Waals surface area contributed by atoms with Gasteiger partial charge in [0.1, 0.15) is 0 Å². The molecule has 2 rings (SSSR count). The Morgan fingerprint density at radius 3 is 2.62 bits per heavy atom. The first-order valence-electron chi connectivity index (χ1n) is 7.21. The van der Waals surface area contributed by atoms with E-state index in [-0.39, 0.29) is 23.6 Å². The average molecular weight is 292 g/mol. The van der Waals surface area contributed by atoms with Gasteiger partial charge in [-0.2, -0.15) is 0 Å². The van der Waals surface area contributed by atoms with Gasteiger partial charge in [0, 0.05) is 24.3 Å². The van der Waals surface area contributed by atoms with E-state index in [1.165, 1.54) is 19.1 Å². The molecule has 0 amide bonds. The first-order chi connectivity index (χ1) is 10.0. The number of anilines is 1. The first-order valence-corrected chi connectivity index (χ1v) is 7.21. The molecule has 0 bridgehead atoms. The van der Waals surface area contributed by atoms with Crippen molar-refractivity contribution in [3.63, 3.8) is 0 Å². The number of hydrogen-bond acceptors (Lipinski definition) is 5. The molecule has 1 aromatic carbocycles. The van der Waals surface area contributed by atoms with Crippen molar-refractivity contribution in [3.05, 3.63) is 33.9 Å². The lowest BCUT2D eigenvalue weighted by atomic mass is 10.1. The molecule has 114 valence electrons. The summed E-state index contributed by atoms with van der Waals surface area (Å²) in [5, 5.41) is 20.4. The van der Waals surface area contributed by atoms with Gasteiger partial charge in [-0.25, -0.2) is 0 Å². The number of rotatable bonds is 6. The number of aliphatic hydroxyl groups excluding tert-OH is 1. The van der Waals surface area contributed by atoms with Gasteiger partial charge in [-0.1, -0.05) is 12.8 Å². The summed E-state index contributed by atoms with van der Waals surface area (Å²) in [4.78, 5) is 24.1. The molecule has 0 aromatic heterocycles. The van der Waals surface area contributed by atoms with E-state index in [4.69, 9.17) is 0 Å². The molecule has 6 heteroatoms. The number of aliphatic hydroxyl groups is 1. The van der Waals surface area contributed by atoms with Crippen LogP contribution < -0.4 is 4.90 Å². The van der Waals surface area contributed by atoms with Crippen LogP contribution in [0.4, 0.5) is 11.4 Å². The molecule has 1 aliphatic carbocycles. The molecule has 1 aliphatic rings. The van der Waals surface area contributed by atoms with Crippen LogP contribution in [0.15, 0.2) is 18.2 Å². The van der Waals surface area contributed by atoms with E-state index >= 15 is 0 Å². The van der Waals surface area contributed by atoms with Crippen molar-refractivity contribution in [1.29, 1.82) is 0 Å². The van der Waals surface area contributed by atoms with Gasteiger partial charge >= 0.3 is 0 Å². The highest BCUT2D eigenvalue weighted by Gasteiger charge is 2.25. The third-order valence-corrected chi connectivity index (χ3v) is 4.00. The highest BCUT2D eigenvalue weighted by atomic mass is 16.6. The molecule has 1 N–H and O–H groups in total. The number of Topliss-reactive ketones (excluding diaryl/α,β-unsaturated/α-hetero) is 1. The fraction of sp³-hybridized carbons (Fsp3) is 0.533. The van der Waals surface area contributed by atoms with Crippen LogP contribution >= 0.6 is 0 Å². The summed E-state index contributed by atoms with van der Waals surface area (Å²) in [5.41, 5.74) is 0.660. The average Bonchev–Trinajstić information content (AvgIpc) is 2.97. The van der Waals surface area contributed by atoms with E-state index in [0.29, 0.717) is 18.3 Å². The maximum Gasteiger partial charge on any atom is 0.282 e. The third-order valence-electron chi connectivity index (χ3n) is 4.00. The standard InChI is InChI=1S/C15H20N2O4/c1-11(19)14-7-6-13(10-15(14)17(20)21)16(8-9-18)12-4-2-3-5-12/h6-7,10,12,18H,2-5,8-9H2,1H3. The van der Waals surface area contributed by atoms with Crippen LogP contribution in [0.5, 0.6) is 0 Å². The molecule has 0 spiro atoms. The molecule has 0 radical (unpaired) electrons. The summed E-state index contributed by atoms with van der Waals surface area (Å²) < 4.78 is 0. The van der Waals surface area contributed by atoms with Gasteiger partial charge < -0.3 is 10.0 Å². The largest absolute Gasteiger partial charge is 0.395 e. The Morgan fingerprint density at radius 1 is 1.43 bits per heavy atom. The van der Waals surface area contributed by atoms with E-state index in [1.54, 1.807) is 6.07 Å². The molecule has 0 saturated heterocycles. The molecule has 0 unspecified atom stereocenters. The molecular weight excluding hydrogens is 272 g/mol. The minimum Gasteiger partial charge on any atom is -0.395 e. The normalized spacial score (nSPS) is 15.1. The zero-order chi connectivity index (χ0) is 15.4. The van der Waals surface area contributed by atoms with E-state index in [0.717, 1.165) is 25.7 Å². The van der Waals surface area contributed by atoms with Crippen molar-refractivity contribution in [2.24, 2.45) is 0 Å². The lowest BCUT2D eigenvalue weighted by molar-refractivity contribution is -0.385. The Labute approximate surface area is 123 Å². The van der Waals surface area contributed by atoms with Crippen LogP contribution in [0, 0.1) is 10.1 Å².